The van der Waals surface area contributed by atoms with Gasteiger partial charge in [0.1, 0.15) is 6.29 Å². The predicted molar refractivity (Wildman–Crippen MR) is 57.2 cm³/mol. The molecular formula is C10H9ClO3S. The molecule has 0 atom stereocenters. The molecule has 5 heteroatoms. The molecule has 1 aliphatic rings. The molecule has 0 spiro atoms. The lowest BCUT2D eigenvalue weighted by atomic mass is 10.1. The van der Waals surface area contributed by atoms with Crippen molar-refractivity contribution in [1.29, 1.82) is 0 Å². The molecule has 0 saturated carbocycles. The molecule has 15 heavy (non-hydrogen) atoms. The van der Waals surface area contributed by atoms with Gasteiger partial charge in [0.05, 0.1) is 15.7 Å². The van der Waals surface area contributed by atoms with Gasteiger partial charge < -0.3 is 0 Å². The van der Waals surface area contributed by atoms with E-state index in [1.165, 1.54) is 6.07 Å². The van der Waals surface area contributed by atoms with Crippen molar-refractivity contribution in [3.8, 4) is 0 Å². The fraction of sp³-hybridized carbons (Fsp3) is 0.300. The van der Waals surface area contributed by atoms with E-state index in [2.05, 4.69) is 0 Å². The van der Waals surface area contributed by atoms with E-state index in [0.717, 1.165) is 0 Å². The molecule has 1 aliphatic heterocycles. The van der Waals surface area contributed by atoms with E-state index in [1.807, 2.05) is 0 Å². The quantitative estimate of drug-likeness (QED) is 0.709. The minimum absolute atomic E-state index is 0.139. The average Bonchev–Trinajstić information content (AvgIpc) is 2.15. The van der Waals surface area contributed by atoms with Gasteiger partial charge >= 0.3 is 0 Å². The van der Waals surface area contributed by atoms with Crippen molar-refractivity contribution in [3.05, 3.63) is 28.3 Å². The Labute approximate surface area is 93.0 Å². The first kappa shape index (κ1) is 10.6. The molecule has 1 heterocycles. The molecule has 0 unspecified atom stereocenters. The number of hydrogen-bond acceptors (Lipinski definition) is 3. The third-order valence-corrected chi connectivity index (χ3v) is 4.79. The van der Waals surface area contributed by atoms with Crippen LogP contribution in [0.1, 0.15) is 22.3 Å². The third kappa shape index (κ3) is 1.79. The number of sulfone groups is 1. The third-order valence-electron chi connectivity index (χ3n) is 2.45. The summed E-state index contributed by atoms with van der Waals surface area (Å²) in [6.45, 7) is 0. The van der Waals surface area contributed by atoms with E-state index in [-0.39, 0.29) is 15.7 Å². The van der Waals surface area contributed by atoms with Crippen molar-refractivity contribution < 1.29 is 13.2 Å². The standard InChI is InChI=1S/C10H9ClO3S/c11-9-5-7(6-12)4-8-2-1-3-15(13,14)10(8)9/h4-6H,1-3H2. The number of fused-ring (bicyclic) bond motifs is 1. The fourth-order valence-electron chi connectivity index (χ4n) is 1.83. The van der Waals surface area contributed by atoms with E-state index < -0.39 is 9.84 Å². The maximum atomic E-state index is 11.7. The summed E-state index contributed by atoms with van der Waals surface area (Å²) in [6, 6.07) is 3.00. The molecule has 1 aromatic rings. The highest BCUT2D eigenvalue weighted by atomic mass is 35.5. The van der Waals surface area contributed by atoms with Crippen molar-refractivity contribution in [2.24, 2.45) is 0 Å². The highest BCUT2D eigenvalue weighted by molar-refractivity contribution is 7.91. The molecule has 0 radical (unpaired) electrons. The maximum Gasteiger partial charge on any atom is 0.180 e. The summed E-state index contributed by atoms with van der Waals surface area (Å²) in [5.74, 6) is 0.139. The van der Waals surface area contributed by atoms with Crippen molar-refractivity contribution >= 4 is 27.7 Å². The Hall–Kier alpha value is -0.870. The first-order valence-electron chi connectivity index (χ1n) is 4.55. The molecule has 0 aromatic heterocycles. The molecule has 0 N–H and O–H groups in total. The highest BCUT2D eigenvalue weighted by Crippen LogP contribution is 2.32. The SMILES string of the molecule is O=Cc1cc(Cl)c2c(c1)CCCS2(=O)=O. The summed E-state index contributed by atoms with van der Waals surface area (Å²) in [7, 11) is -3.25. The number of aldehydes is 1. The lowest BCUT2D eigenvalue weighted by Crippen LogP contribution is -2.17. The fourth-order valence-corrected chi connectivity index (χ4v) is 4.08. The monoisotopic (exact) mass is 244 g/mol. The minimum atomic E-state index is -3.25. The van der Waals surface area contributed by atoms with Gasteiger partial charge in [-0.25, -0.2) is 8.42 Å². The van der Waals surface area contributed by atoms with Crippen LogP contribution in [-0.2, 0) is 16.3 Å². The normalized spacial score (nSPS) is 18.2. The minimum Gasteiger partial charge on any atom is -0.298 e. The van der Waals surface area contributed by atoms with Gasteiger partial charge in [0, 0.05) is 5.56 Å². The van der Waals surface area contributed by atoms with Crippen LogP contribution < -0.4 is 0 Å². The Bertz CT molecular complexity index is 520. The van der Waals surface area contributed by atoms with Gasteiger partial charge in [-0.1, -0.05) is 11.6 Å². The number of hydrogen-bond donors (Lipinski definition) is 0. The summed E-state index contributed by atoms with van der Waals surface area (Å²) in [6.07, 6.45) is 1.93. The van der Waals surface area contributed by atoms with Crippen LogP contribution in [0.15, 0.2) is 17.0 Å². The van der Waals surface area contributed by atoms with Crippen molar-refractivity contribution in [1.82, 2.24) is 0 Å². The van der Waals surface area contributed by atoms with E-state index in [4.69, 9.17) is 11.6 Å². The molecular weight excluding hydrogens is 236 g/mol. The number of halogens is 1. The second-order valence-corrected chi connectivity index (χ2v) is 5.98. The van der Waals surface area contributed by atoms with E-state index >= 15 is 0 Å². The zero-order chi connectivity index (χ0) is 11.1. The average molecular weight is 245 g/mol. The molecule has 0 amide bonds. The van der Waals surface area contributed by atoms with E-state index in [1.54, 1.807) is 6.07 Å². The van der Waals surface area contributed by atoms with Crippen LogP contribution in [0, 0.1) is 0 Å². The van der Waals surface area contributed by atoms with Crippen LogP contribution in [0.3, 0.4) is 0 Å². The van der Waals surface area contributed by atoms with Gasteiger partial charge in [0.25, 0.3) is 0 Å². The summed E-state index contributed by atoms with van der Waals surface area (Å²) < 4.78 is 23.4. The topological polar surface area (TPSA) is 51.2 Å². The van der Waals surface area contributed by atoms with Gasteiger partial charge in [0.15, 0.2) is 9.84 Å². The van der Waals surface area contributed by atoms with Crippen LogP contribution in [-0.4, -0.2) is 20.5 Å². The Balaban J connectivity index is 2.74. The molecule has 3 nitrogen and oxygen atoms in total. The zero-order valence-corrected chi connectivity index (χ0v) is 9.44. The molecule has 0 aliphatic carbocycles. The van der Waals surface area contributed by atoms with Gasteiger partial charge in [-0.15, -0.1) is 0 Å². The molecule has 80 valence electrons. The first-order chi connectivity index (χ1) is 7.04. The second kappa shape index (κ2) is 3.61. The van der Waals surface area contributed by atoms with Crippen molar-refractivity contribution in [3.63, 3.8) is 0 Å². The molecule has 0 fully saturated rings. The number of carbonyl (C=O) groups excluding carboxylic acids is 1. The molecule has 2 rings (SSSR count). The predicted octanol–water partition coefficient (Wildman–Crippen LogP) is 1.87. The summed E-state index contributed by atoms with van der Waals surface area (Å²) >= 11 is 5.87. The number of carbonyl (C=O) groups is 1. The largest absolute Gasteiger partial charge is 0.298 e. The van der Waals surface area contributed by atoms with E-state index in [9.17, 15) is 13.2 Å². The molecule has 0 saturated heterocycles. The lowest BCUT2D eigenvalue weighted by Gasteiger charge is -2.17. The number of benzene rings is 1. The Morgan fingerprint density at radius 1 is 1.33 bits per heavy atom. The Morgan fingerprint density at radius 2 is 2.07 bits per heavy atom. The van der Waals surface area contributed by atoms with Crippen LogP contribution in [0.2, 0.25) is 5.02 Å². The van der Waals surface area contributed by atoms with Gasteiger partial charge in [0.2, 0.25) is 0 Å². The lowest BCUT2D eigenvalue weighted by molar-refractivity contribution is 0.112. The maximum absolute atomic E-state index is 11.7. The van der Waals surface area contributed by atoms with Gasteiger partial charge in [-0.05, 0) is 30.5 Å². The summed E-state index contributed by atoms with van der Waals surface area (Å²) in [5, 5.41) is 0.161. The zero-order valence-electron chi connectivity index (χ0n) is 7.86. The Kier molecular flexibility index (Phi) is 2.56. The van der Waals surface area contributed by atoms with E-state index in [0.29, 0.717) is 30.3 Å². The second-order valence-electron chi connectivity index (χ2n) is 3.53. The Morgan fingerprint density at radius 3 is 2.73 bits per heavy atom. The highest BCUT2D eigenvalue weighted by Gasteiger charge is 2.26. The first-order valence-corrected chi connectivity index (χ1v) is 6.58. The smallest absolute Gasteiger partial charge is 0.180 e. The molecule has 1 aromatic carbocycles. The van der Waals surface area contributed by atoms with Crippen LogP contribution in [0.25, 0.3) is 0 Å². The van der Waals surface area contributed by atoms with Gasteiger partial charge in [-0.3, -0.25) is 4.79 Å². The molecule has 0 bridgehead atoms. The van der Waals surface area contributed by atoms with Gasteiger partial charge in [-0.2, -0.15) is 0 Å². The van der Waals surface area contributed by atoms with Crippen LogP contribution >= 0.6 is 11.6 Å². The summed E-state index contributed by atoms with van der Waals surface area (Å²) in [4.78, 5) is 10.8. The summed E-state index contributed by atoms with van der Waals surface area (Å²) in [5.41, 5.74) is 1.09. The number of aryl methyl sites for hydroxylation is 1. The van der Waals surface area contributed by atoms with Crippen LogP contribution in [0.4, 0.5) is 0 Å². The van der Waals surface area contributed by atoms with Crippen LogP contribution in [0.5, 0.6) is 0 Å². The van der Waals surface area contributed by atoms with Crippen molar-refractivity contribution in [2.75, 3.05) is 5.75 Å². The van der Waals surface area contributed by atoms with Crippen molar-refractivity contribution in [2.45, 2.75) is 17.7 Å². The number of rotatable bonds is 1.